The van der Waals surface area contributed by atoms with E-state index >= 15 is 0 Å². The van der Waals surface area contributed by atoms with E-state index in [1.807, 2.05) is 19.1 Å². The van der Waals surface area contributed by atoms with Gasteiger partial charge in [0.05, 0.1) is 6.61 Å². The average molecular weight is 406 g/mol. The summed E-state index contributed by atoms with van der Waals surface area (Å²) in [5, 5.41) is 2.88. The molecule has 2 aromatic carbocycles. The molecule has 0 bridgehead atoms. The zero-order valence-corrected chi connectivity index (χ0v) is 16.6. The number of hydrogen-bond donors (Lipinski definition) is 1. The summed E-state index contributed by atoms with van der Waals surface area (Å²) < 4.78 is 22.6. The van der Waals surface area contributed by atoms with Crippen LogP contribution >= 0.6 is 0 Å². The monoisotopic (exact) mass is 406 g/mol. The number of amides is 1. The van der Waals surface area contributed by atoms with Crippen molar-refractivity contribution < 1.29 is 23.7 Å². The molecule has 2 heterocycles. The Labute approximate surface area is 174 Å². The molecule has 1 N–H and O–H groups in total. The molecule has 0 unspecified atom stereocenters. The number of anilines is 1. The van der Waals surface area contributed by atoms with Gasteiger partial charge in [-0.15, -0.1) is 0 Å². The van der Waals surface area contributed by atoms with E-state index in [1.54, 1.807) is 48.8 Å². The van der Waals surface area contributed by atoms with Crippen molar-refractivity contribution in [3.63, 3.8) is 0 Å². The number of benzene rings is 2. The molecule has 0 saturated carbocycles. The number of hydrogen-bond acceptors (Lipinski definition) is 6. The fourth-order valence-electron chi connectivity index (χ4n) is 3.01. The molecule has 1 aromatic heterocycles. The van der Waals surface area contributed by atoms with E-state index in [0.717, 1.165) is 5.56 Å². The number of aromatic nitrogens is 1. The first-order valence-electron chi connectivity index (χ1n) is 9.72. The lowest BCUT2D eigenvalue weighted by atomic mass is 10.1. The lowest BCUT2D eigenvalue weighted by Crippen LogP contribution is -2.16. The number of nitrogens with one attached hydrogen (secondary N) is 1. The fraction of sp³-hybridized carbons (Fsp3) is 0.217. The Bertz CT molecular complexity index is 1020. The third kappa shape index (κ3) is 4.63. The van der Waals surface area contributed by atoms with Crippen LogP contribution in [0.2, 0.25) is 0 Å². The molecule has 4 rings (SSSR count). The van der Waals surface area contributed by atoms with Crippen molar-refractivity contribution in [1.29, 1.82) is 0 Å². The molecule has 1 amide bonds. The number of carbonyl (C=O) groups is 1. The van der Waals surface area contributed by atoms with Gasteiger partial charge in [0.25, 0.3) is 5.91 Å². The van der Waals surface area contributed by atoms with E-state index in [0.29, 0.717) is 60.7 Å². The normalized spacial score (nSPS) is 12.2. The fourth-order valence-corrected chi connectivity index (χ4v) is 3.01. The van der Waals surface area contributed by atoms with Crippen LogP contribution in [0.4, 0.5) is 5.69 Å². The lowest BCUT2D eigenvalue weighted by molar-refractivity contribution is 0.102. The molecule has 7 heteroatoms. The van der Waals surface area contributed by atoms with Gasteiger partial charge < -0.3 is 24.3 Å². The molecular weight excluding hydrogens is 384 g/mol. The Kier molecular flexibility index (Phi) is 5.98. The van der Waals surface area contributed by atoms with Gasteiger partial charge in [0.1, 0.15) is 19.8 Å². The maximum atomic E-state index is 12.7. The van der Waals surface area contributed by atoms with Crippen LogP contribution in [0.1, 0.15) is 22.8 Å². The number of nitrogens with zero attached hydrogens (tertiary/aromatic N) is 1. The maximum absolute atomic E-state index is 12.7. The highest BCUT2D eigenvalue weighted by Crippen LogP contribution is 2.33. The zero-order valence-electron chi connectivity index (χ0n) is 16.6. The minimum absolute atomic E-state index is 0.258. The number of rotatable bonds is 7. The van der Waals surface area contributed by atoms with Gasteiger partial charge in [0.15, 0.2) is 23.0 Å². The van der Waals surface area contributed by atoms with Gasteiger partial charge in [-0.25, -0.2) is 0 Å². The Morgan fingerprint density at radius 2 is 1.90 bits per heavy atom. The predicted molar refractivity (Wildman–Crippen MR) is 112 cm³/mol. The molecule has 30 heavy (non-hydrogen) atoms. The van der Waals surface area contributed by atoms with Crippen molar-refractivity contribution in [2.75, 3.05) is 25.1 Å². The van der Waals surface area contributed by atoms with E-state index in [2.05, 4.69) is 10.3 Å². The van der Waals surface area contributed by atoms with Crippen LogP contribution in [-0.4, -0.2) is 30.7 Å². The Balaban J connectivity index is 1.48. The van der Waals surface area contributed by atoms with Crippen LogP contribution < -0.4 is 24.3 Å². The van der Waals surface area contributed by atoms with Gasteiger partial charge >= 0.3 is 0 Å². The van der Waals surface area contributed by atoms with E-state index in [-0.39, 0.29) is 5.91 Å². The molecule has 1 aliphatic heterocycles. The number of fused-ring (bicyclic) bond motifs is 1. The van der Waals surface area contributed by atoms with Crippen molar-refractivity contribution in [1.82, 2.24) is 4.98 Å². The van der Waals surface area contributed by atoms with Crippen molar-refractivity contribution in [2.45, 2.75) is 13.5 Å². The van der Waals surface area contributed by atoms with Crippen LogP contribution in [0.5, 0.6) is 23.0 Å². The largest absolute Gasteiger partial charge is 0.490 e. The molecule has 1 aliphatic rings. The smallest absolute Gasteiger partial charge is 0.255 e. The number of pyridine rings is 1. The first-order valence-corrected chi connectivity index (χ1v) is 9.72. The minimum Gasteiger partial charge on any atom is -0.490 e. The molecule has 0 fully saturated rings. The van der Waals surface area contributed by atoms with Gasteiger partial charge in [-0.2, -0.15) is 0 Å². The summed E-state index contributed by atoms with van der Waals surface area (Å²) in [5.41, 5.74) is 2.03. The lowest BCUT2D eigenvalue weighted by Gasteiger charge is -2.19. The molecule has 3 aromatic rings. The molecule has 0 spiro atoms. The van der Waals surface area contributed by atoms with E-state index < -0.39 is 0 Å². The van der Waals surface area contributed by atoms with Gasteiger partial charge in [-0.1, -0.05) is 6.07 Å². The quantitative estimate of drug-likeness (QED) is 0.637. The van der Waals surface area contributed by atoms with E-state index in [1.165, 1.54) is 0 Å². The Morgan fingerprint density at radius 3 is 2.70 bits per heavy atom. The first kappa shape index (κ1) is 19.6. The second-order valence-electron chi connectivity index (χ2n) is 6.56. The predicted octanol–water partition coefficient (Wildman–Crippen LogP) is 4.08. The number of ether oxygens (including phenoxy) is 4. The van der Waals surface area contributed by atoms with Crippen LogP contribution in [0.3, 0.4) is 0 Å². The summed E-state index contributed by atoms with van der Waals surface area (Å²) in [7, 11) is 0. The topological polar surface area (TPSA) is 78.9 Å². The maximum Gasteiger partial charge on any atom is 0.255 e. The van der Waals surface area contributed by atoms with Crippen LogP contribution in [0, 0.1) is 0 Å². The highest BCUT2D eigenvalue weighted by atomic mass is 16.6. The summed E-state index contributed by atoms with van der Waals surface area (Å²) in [6.07, 6.45) is 3.46. The van der Waals surface area contributed by atoms with Crippen molar-refractivity contribution in [3.05, 3.63) is 72.1 Å². The number of carbonyl (C=O) groups excluding carboxylic acids is 1. The van der Waals surface area contributed by atoms with Crippen molar-refractivity contribution >= 4 is 11.6 Å². The van der Waals surface area contributed by atoms with Gasteiger partial charge in [0.2, 0.25) is 0 Å². The highest BCUT2D eigenvalue weighted by Gasteiger charge is 2.15. The molecule has 154 valence electrons. The van der Waals surface area contributed by atoms with Crippen LogP contribution in [0.25, 0.3) is 0 Å². The summed E-state index contributed by atoms with van der Waals surface area (Å²) in [5.74, 6) is 2.11. The minimum atomic E-state index is -0.258. The molecule has 0 aliphatic carbocycles. The first-order chi connectivity index (χ1) is 14.7. The van der Waals surface area contributed by atoms with Gasteiger partial charge in [-0.05, 0) is 43.3 Å². The van der Waals surface area contributed by atoms with Gasteiger partial charge in [-0.3, -0.25) is 9.78 Å². The summed E-state index contributed by atoms with van der Waals surface area (Å²) in [6, 6.07) is 14.2. The molecule has 0 radical (unpaired) electrons. The molecule has 0 saturated heterocycles. The third-order valence-electron chi connectivity index (χ3n) is 4.42. The second kappa shape index (κ2) is 9.17. The van der Waals surface area contributed by atoms with Crippen molar-refractivity contribution in [2.24, 2.45) is 0 Å². The van der Waals surface area contributed by atoms with Crippen LogP contribution in [0.15, 0.2) is 60.9 Å². The summed E-state index contributed by atoms with van der Waals surface area (Å²) >= 11 is 0. The molecule has 0 atom stereocenters. The van der Waals surface area contributed by atoms with E-state index in [4.69, 9.17) is 18.9 Å². The zero-order chi connectivity index (χ0) is 20.8. The second-order valence-corrected chi connectivity index (χ2v) is 6.56. The standard InChI is InChI=1S/C23H22N2O5/c1-2-27-21-12-17(5-7-20(21)30-15-16-4-3-9-24-14-16)23(26)25-18-6-8-19-22(13-18)29-11-10-28-19/h3-9,12-14H,2,10-11,15H2,1H3,(H,25,26). The van der Waals surface area contributed by atoms with Gasteiger partial charge in [0, 0.05) is 35.3 Å². The highest BCUT2D eigenvalue weighted by molar-refractivity contribution is 6.04. The third-order valence-corrected chi connectivity index (χ3v) is 4.42. The molecule has 7 nitrogen and oxygen atoms in total. The Hall–Kier alpha value is -3.74. The average Bonchev–Trinajstić information content (AvgIpc) is 2.79. The molecular formula is C23H22N2O5. The van der Waals surface area contributed by atoms with Crippen LogP contribution in [-0.2, 0) is 6.61 Å². The van der Waals surface area contributed by atoms with Crippen molar-refractivity contribution in [3.8, 4) is 23.0 Å². The SMILES string of the molecule is CCOc1cc(C(=O)Nc2ccc3c(c2)OCCO3)ccc1OCc1cccnc1. The Morgan fingerprint density at radius 1 is 1.03 bits per heavy atom. The summed E-state index contributed by atoms with van der Waals surface area (Å²) in [4.78, 5) is 16.8. The van der Waals surface area contributed by atoms with E-state index in [9.17, 15) is 4.79 Å². The summed E-state index contributed by atoms with van der Waals surface area (Å²) in [6.45, 7) is 3.71.